The molecule has 0 amide bonds. The van der Waals surface area contributed by atoms with Gasteiger partial charge in [0.15, 0.2) is 0 Å². The maximum Gasteiger partial charge on any atom is 0.141 e. The second kappa shape index (κ2) is 9.74. The fraction of sp³-hybridized carbons (Fsp3) is 0.704. The molecule has 1 saturated carbocycles. The summed E-state index contributed by atoms with van der Waals surface area (Å²) >= 11 is 0. The number of benzene rings is 1. The number of unbranched alkanes of at least 4 members (excludes halogenated alkanes) is 1. The van der Waals surface area contributed by atoms with E-state index in [1.165, 1.54) is 11.1 Å². The largest absolute Gasteiger partial charge is 0.310 e. The third-order valence-corrected chi connectivity index (χ3v) is 8.73. The van der Waals surface area contributed by atoms with Gasteiger partial charge in [-0.25, -0.2) is 0 Å². The number of piperidine rings is 1. The molecular weight excluding hydrogens is 398 g/mol. The molecule has 4 rings (SSSR count). The lowest BCUT2D eigenvalue weighted by molar-refractivity contribution is -0.144. The van der Waals surface area contributed by atoms with Gasteiger partial charge in [-0.15, -0.1) is 0 Å². The number of carbonyl (C=O) groups excluding carboxylic acids is 2. The summed E-state index contributed by atoms with van der Waals surface area (Å²) in [6.45, 7) is 9.38. The van der Waals surface area contributed by atoms with Crippen molar-refractivity contribution in [1.29, 1.82) is 0 Å². The number of likely N-dealkylation sites (tertiary alicyclic amines) is 1. The summed E-state index contributed by atoms with van der Waals surface area (Å²) in [5, 5.41) is 3.82. The van der Waals surface area contributed by atoms with Gasteiger partial charge in [0.05, 0.1) is 5.41 Å². The van der Waals surface area contributed by atoms with Crippen LogP contribution in [0.5, 0.6) is 0 Å². The Morgan fingerprint density at radius 1 is 1.12 bits per heavy atom. The number of piperazine rings is 1. The fourth-order valence-corrected chi connectivity index (χ4v) is 6.32. The molecule has 176 valence electrons. The van der Waals surface area contributed by atoms with E-state index in [4.69, 9.17) is 0 Å². The molecule has 1 spiro atoms. The van der Waals surface area contributed by atoms with E-state index in [1.54, 1.807) is 0 Å². The summed E-state index contributed by atoms with van der Waals surface area (Å²) in [7, 11) is 2.24. The number of hydrogen-bond acceptors (Lipinski definition) is 5. The highest BCUT2D eigenvalue weighted by atomic mass is 16.1. The summed E-state index contributed by atoms with van der Waals surface area (Å²) in [6.07, 6.45) is 6.52. The smallest absolute Gasteiger partial charge is 0.141 e. The van der Waals surface area contributed by atoms with Gasteiger partial charge < -0.3 is 5.32 Å². The van der Waals surface area contributed by atoms with Gasteiger partial charge in [0.1, 0.15) is 11.6 Å². The van der Waals surface area contributed by atoms with Gasteiger partial charge in [-0.2, -0.15) is 0 Å². The zero-order chi connectivity index (χ0) is 22.8. The highest BCUT2D eigenvalue weighted by Gasteiger charge is 2.52. The molecular formula is C27H41N3O2. The average Bonchev–Trinajstić information content (AvgIpc) is 2.79. The third-order valence-electron chi connectivity index (χ3n) is 8.73. The average molecular weight is 440 g/mol. The van der Waals surface area contributed by atoms with Crippen molar-refractivity contribution in [2.45, 2.75) is 83.3 Å². The van der Waals surface area contributed by atoms with Crippen LogP contribution in [0.1, 0.15) is 69.4 Å². The minimum Gasteiger partial charge on any atom is -0.310 e. The number of hydrogen-bond donors (Lipinski definition) is 1. The minimum absolute atomic E-state index is 0.0893. The number of Topliss-reactive ketones (excluding diaryl/α,β-unsaturated/α-hetero) is 2. The van der Waals surface area contributed by atoms with Crippen molar-refractivity contribution >= 4 is 11.6 Å². The Labute approximate surface area is 193 Å². The van der Waals surface area contributed by atoms with E-state index in [-0.39, 0.29) is 17.4 Å². The number of ketones is 2. The molecule has 0 radical (unpaired) electrons. The number of nitrogens with zero attached hydrogens (tertiary/aromatic N) is 2. The third kappa shape index (κ3) is 4.57. The predicted octanol–water partition coefficient (Wildman–Crippen LogP) is 3.73. The summed E-state index contributed by atoms with van der Waals surface area (Å²) < 4.78 is 0. The van der Waals surface area contributed by atoms with E-state index >= 15 is 0 Å². The van der Waals surface area contributed by atoms with Gasteiger partial charge in [-0.05, 0) is 44.4 Å². The highest BCUT2D eigenvalue weighted by molar-refractivity contribution is 5.97. The Hall–Kier alpha value is -1.56. The number of nitrogens with one attached hydrogen (secondary N) is 1. The molecule has 0 bridgehead atoms. The van der Waals surface area contributed by atoms with Crippen LogP contribution in [-0.4, -0.2) is 66.2 Å². The Bertz CT molecular complexity index is 830. The normalized spacial score (nSPS) is 29.5. The fourth-order valence-electron chi connectivity index (χ4n) is 6.32. The van der Waals surface area contributed by atoms with Crippen LogP contribution in [0.3, 0.4) is 0 Å². The summed E-state index contributed by atoms with van der Waals surface area (Å²) in [5.74, 6) is 0.593. The van der Waals surface area contributed by atoms with E-state index in [0.717, 1.165) is 64.8 Å². The van der Waals surface area contributed by atoms with Crippen molar-refractivity contribution in [3.8, 4) is 0 Å². The number of rotatable bonds is 6. The van der Waals surface area contributed by atoms with Crippen molar-refractivity contribution < 1.29 is 9.59 Å². The van der Waals surface area contributed by atoms with Crippen molar-refractivity contribution in [2.75, 3.05) is 33.2 Å². The maximum atomic E-state index is 13.2. The van der Waals surface area contributed by atoms with Crippen LogP contribution in [0.4, 0.5) is 0 Å². The number of aryl methyl sites for hydroxylation is 1. The molecule has 1 aromatic carbocycles. The summed E-state index contributed by atoms with van der Waals surface area (Å²) in [6, 6.07) is 8.79. The van der Waals surface area contributed by atoms with Gasteiger partial charge in [0.25, 0.3) is 0 Å². The molecule has 2 atom stereocenters. The molecule has 1 N–H and O–H groups in total. The molecule has 2 aliphatic heterocycles. The van der Waals surface area contributed by atoms with Crippen molar-refractivity contribution in [3.63, 3.8) is 0 Å². The molecule has 3 aliphatic rings. The van der Waals surface area contributed by atoms with Crippen LogP contribution < -0.4 is 5.32 Å². The lowest BCUT2D eigenvalue weighted by Gasteiger charge is -2.55. The summed E-state index contributed by atoms with van der Waals surface area (Å²) in [5.41, 5.74) is 2.47. The second-order valence-electron chi connectivity index (χ2n) is 10.6. The molecule has 3 fully saturated rings. The second-order valence-corrected chi connectivity index (χ2v) is 10.6. The topological polar surface area (TPSA) is 52.6 Å². The minimum atomic E-state index is -0.493. The Balaban J connectivity index is 1.41. The van der Waals surface area contributed by atoms with Gasteiger partial charge in [0.2, 0.25) is 0 Å². The van der Waals surface area contributed by atoms with E-state index < -0.39 is 5.41 Å². The SMILES string of the molecule is CCCCC1([C@H]2CN(C)C3(CCN(Cc4ccccc4C)CC3)CN2)CC(=O)CCC1=O. The molecule has 2 heterocycles. The molecule has 1 aromatic rings. The molecule has 32 heavy (non-hydrogen) atoms. The standard InChI is InChI=1S/C27H41N3O2/c1-4-5-12-27(17-23(31)10-11-25(27)32)24-19-29(3)26(20-28-24)13-15-30(16-14-26)18-22-9-7-6-8-21(22)2/h6-9,24,28H,4-5,10-20H2,1-3H3/t24-,27?/m1/s1. The first-order valence-electron chi connectivity index (χ1n) is 12.6. The molecule has 1 aliphatic carbocycles. The van der Waals surface area contributed by atoms with Crippen molar-refractivity contribution in [1.82, 2.24) is 15.1 Å². The zero-order valence-electron chi connectivity index (χ0n) is 20.3. The predicted molar refractivity (Wildman–Crippen MR) is 129 cm³/mol. The quantitative estimate of drug-likeness (QED) is 0.732. The molecule has 5 nitrogen and oxygen atoms in total. The highest BCUT2D eigenvalue weighted by Crippen LogP contribution is 2.43. The van der Waals surface area contributed by atoms with Crippen molar-refractivity contribution in [3.05, 3.63) is 35.4 Å². The van der Waals surface area contributed by atoms with E-state index in [2.05, 4.69) is 60.3 Å². The monoisotopic (exact) mass is 439 g/mol. The zero-order valence-corrected chi connectivity index (χ0v) is 20.3. The van der Waals surface area contributed by atoms with Gasteiger partial charge in [-0.3, -0.25) is 19.4 Å². The van der Waals surface area contributed by atoms with E-state index in [1.807, 2.05) is 0 Å². The van der Waals surface area contributed by atoms with Crippen LogP contribution in [0.25, 0.3) is 0 Å². The lowest BCUT2D eigenvalue weighted by atomic mass is 9.63. The molecule has 0 aromatic heterocycles. The summed E-state index contributed by atoms with van der Waals surface area (Å²) in [4.78, 5) is 30.7. The first-order chi connectivity index (χ1) is 15.4. The molecule has 5 heteroatoms. The van der Waals surface area contributed by atoms with Crippen LogP contribution in [0.15, 0.2) is 24.3 Å². The Kier molecular flexibility index (Phi) is 7.18. The molecule has 2 saturated heterocycles. The lowest BCUT2D eigenvalue weighted by Crippen LogP contribution is -2.70. The van der Waals surface area contributed by atoms with Crippen LogP contribution in [-0.2, 0) is 16.1 Å². The van der Waals surface area contributed by atoms with Gasteiger partial charge >= 0.3 is 0 Å². The van der Waals surface area contributed by atoms with E-state index in [9.17, 15) is 9.59 Å². The van der Waals surface area contributed by atoms with E-state index in [0.29, 0.717) is 25.0 Å². The first kappa shape index (κ1) is 23.6. The van der Waals surface area contributed by atoms with Gasteiger partial charge in [-0.1, -0.05) is 44.0 Å². The Morgan fingerprint density at radius 2 is 1.88 bits per heavy atom. The van der Waals surface area contributed by atoms with Crippen LogP contribution in [0.2, 0.25) is 0 Å². The van der Waals surface area contributed by atoms with Crippen LogP contribution in [0, 0.1) is 12.3 Å². The Morgan fingerprint density at radius 3 is 2.56 bits per heavy atom. The first-order valence-corrected chi connectivity index (χ1v) is 12.6. The molecule has 1 unspecified atom stereocenters. The number of likely N-dealkylation sites (N-methyl/N-ethyl adjacent to an activating group) is 1. The number of carbonyl (C=O) groups is 2. The maximum absolute atomic E-state index is 13.2. The van der Waals surface area contributed by atoms with Crippen molar-refractivity contribution in [2.24, 2.45) is 5.41 Å². The van der Waals surface area contributed by atoms with Crippen LogP contribution >= 0.6 is 0 Å². The van der Waals surface area contributed by atoms with Gasteiger partial charge in [0, 0.05) is 63.6 Å².